The van der Waals surface area contributed by atoms with Crippen LogP contribution in [0.4, 0.5) is 0 Å². The molecule has 0 amide bonds. The van der Waals surface area contributed by atoms with Crippen LogP contribution in [0.2, 0.25) is 5.02 Å². The van der Waals surface area contributed by atoms with Crippen molar-refractivity contribution in [1.29, 1.82) is 0 Å². The number of aromatic carboxylic acids is 1. The van der Waals surface area contributed by atoms with E-state index in [9.17, 15) is 4.79 Å². The molecule has 0 saturated heterocycles. The molecular formula is C12H10ClNO3S2. The number of hydrogen-bond acceptors (Lipinski definition) is 5. The molecule has 0 fully saturated rings. The van der Waals surface area contributed by atoms with Crippen LogP contribution in [0.5, 0.6) is 0 Å². The van der Waals surface area contributed by atoms with E-state index in [1.807, 2.05) is 18.6 Å². The molecule has 4 nitrogen and oxygen atoms in total. The van der Waals surface area contributed by atoms with Gasteiger partial charge in [-0.1, -0.05) is 16.8 Å². The Morgan fingerprint density at radius 1 is 1.32 bits per heavy atom. The first-order valence-corrected chi connectivity index (χ1v) is 8.01. The van der Waals surface area contributed by atoms with Gasteiger partial charge in [-0.25, -0.2) is 4.79 Å². The molecule has 2 aromatic rings. The summed E-state index contributed by atoms with van der Waals surface area (Å²) < 4.78 is 4.75. The van der Waals surface area contributed by atoms with Crippen molar-refractivity contribution in [2.24, 2.45) is 0 Å². The first-order valence-electron chi connectivity index (χ1n) is 5.18. The number of nitrogens with zero attached hydrogens (tertiary/aromatic N) is 1. The molecule has 0 unspecified atom stereocenters. The number of carboxylic acids is 1. The molecule has 1 aromatic carbocycles. The van der Waals surface area contributed by atoms with Crippen LogP contribution >= 0.6 is 35.1 Å². The van der Waals surface area contributed by atoms with Gasteiger partial charge in [0.25, 0.3) is 0 Å². The number of aromatic nitrogens is 1. The highest BCUT2D eigenvalue weighted by atomic mass is 35.5. The van der Waals surface area contributed by atoms with Crippen LogP contribution in [-0.4, -0.2) is 28.7 Å². The van der Waals surface area contributed by atoms with Crippen LogP contribution < -0.4 is 0 Å². The normalized spacial score (nSPS) is 10.7. The maximum Gasteiger partial charge on any atom is 0.374 e. The second-order valence-corrected chi connectivity index (χ2v) is 5.65. The van der Waals surface area contributed by atoms with Gasteiger partial charge in [-0.2, -0.15) is 0 Å². The van der Waals surface area contributed by atoms with Gasteiger partial charge >= 0.3 is 5.97 Å². The third-order valence-electron chi connectivity index (χ3n) is 2.45. The van der Waals surface area contributed by atoms with Crippen molar-refractivity contribution < 1.29 is 14.4 Å². The summed E-state index contributed by atoms with van der Waals surface area (Å²) in [6.07, 6.45) is 3.92. The van der Waals surface area contributed by atoms with Gasteiger partial charge in [0.15, 0.2) is 0 Å². The molecule has 0 aliphatic carbocycles. The number of carboxylic acid groups (broad SMARTS) is 1. The zero-order valence-corrected chi connectivity index (χ0v) is 12.5. The van der Waals surface area contributed by atoms with Gasteiger partial charge in [0.1, 0.15) is 5.69 Å². The zero-order chi connectivity index (χ0) is 14.0. The summed E-state index contributed by atoms with van der Waals surface area (Å²) in [6, 6.07) is 5.07. The minimum absolute atomic E-state index is 0.189. The molecule has 0 bridgehead atoms. The summed E-state index contributed by atoms with van der Waals surface area (Å²) in [6.45, 7) is 0. The lowest BCUT2D eigenvalue weighted by Crippen LogP contribution is -1.91. The molecule has 7 heteroatoms. The predicted molar refractivity (Wildman–Crippen MR) is 77.5 cm³/mol. The number of thioether (sulfide) groups is 2. The number of halogens is 1. The smallest absolute Gasteiger partial charge is 0.374 e. The molecule has 1 N–H and O–H groups in total. The number of rotatable bonds is 4. The SMILES string of the molecule is CSc1cc(-c2cc(C(=O)O)on2)cc(Cl)c1SC. The topological polar surface area (TPSA) is 63.3 Å². The highest BCUT2D eigenvalue weighted by Crippen LogP contribution is 2.38. The fourth-order valence-electron chi connectivity index (χ4n) is 1.58. The number of carbonyl (C=O) groups is 1. The van der Waals surface area contributed by atoms with E-state index in [0.29, 0.717) is 10.7 Å². The van der Waals surface area contributed by atoms with Crippen molar-refractivity contribution in [3.05, 3.63) is 29.0 Å². The van der Waals surface area contributed by atoms with E-state index < -0.39 is 5.97 Å². The minimum Gasteiger partial charge on any atom is -0.475 e. The van der Waals surface area contributed by atoms with Crippen LogP contribution in [0.1, 0.15) is 10.6 Å². The summed E-state index contributed by atoms with van der Waals surface area (Å²) in [5.41, 5.74) is 1.20. The second-order valence-electron chi connectivity index (χ2n) is 3.58. The minimum atomic E-state index is -1.14. The van der Waals surface area contributed by atoms with Gasteiger partial charge in [0, 0.05) is 21.4 Å². The molecule has 0 saturated carbocycles. The summed E-state index contributed by atoms with van der Waals surface area (Å²) in [5, 5.41) is 13.2. The quantitative estimate of drug-likeness (QED) is 0.856. The molecule has 0 aliphatic rings. The summed E-state index contributed by atoms with van der Waals surface area (Å²) in [4.78, 5) is 12.8. The van der Waals surface area contributed by atoms with Gasteiger partial charge in [0.05, 0.1) is 5.02 Å². The lowest BCUT2D eigenvalue weighted by Gasteiger charge is -2.08. The molecule has 0 radical (unpaired) electrons. The van der Waals surface area contributed by atoms with Crippen LogP contribution in [0, 0.1) is 0 Å². The van der Waals surface area contributed by atoms with Crippen LogP contribution in [0.15, 0.2) is 32.5 Å². The van der Waals surface area contributed by atoms with E-state index in [2.05, 4.69) is 5.16 Å². The van der Waals surface area contributed by atoms with Gasteiger partial charge in [0.2, 0.25) is 5.76 Å². The van der Waals surface area contributed by atoms with Gasteiger partial charge in [-0.15, -0.1) is 23.5 Å². The van der Waals surface area contributed by atoms with Crippen molar-refractivity contribution in [3.63, 3.8) is 0 Å². The summed E-state index contributed by atoms with van der Waals surface area (Å²) in [5.74, 6) is -1.33. The third kappa shape index (κ3) is 2.91. The first kappa shape index (κ1) is 14.3. The van der Waals surface area contributed by atoms with E-state index in [-0.39, 0.29) is 5.76 Å². The molecular weight excluding hydrogens is 306 g/mol. The van der Waals surface area contributed by atoms with Gasteiger partial charge in [-0.3, -0.25) is 0 Å². The zero-order valence-electron chi connectivity index (χ0n) is 10.1. The Morgan fingerprint density at radius 2 is 2.05 bits per heavy atom. The Bertz CT molecular complexity index is 627. The molecule has 19 heavy (non-hydrogen) atoms. The molecule has 1 heterocycles. The molecule has 2 rings (SSSR count). The second kappa shape index (κ2) is 5.90. The summed E-state index contributed by atoms with van der Waals surface area (Å²) in [7, 11) is 0. The highest BCUT2D eigenvalue weighted by molar-refractivity contribution is 8.01. The fraction of sp³-hybridized carbons (Fsp3) is 0.167. The molecule has 100 valence electrons. The van der Waals surface area contributed by atoms with Crippen molar-refractivity contribution in [3.8, 4) is 11.3 Å². The Kier molecular flexibility index (Phi) is 4.44. The van der Waals surface area contributed by atoms with E-state index in [0.717, 1.165) is 15.4 Å². The van der Waals surface area contributed by atoms with Crippen LogP contribution in [0.3, 0.4) is 0 Å². The lowest BCUT2D eigenvalue weighted by atomic mass is 10.1. The Hall–Kier alpha value is -1.11. The molecule has 0 aliphatic heterocycles. The average molecular weight is 316 g/mol. The Labute approximate surface area is 123 Å². The largest absolute Gasteiger partial charge is 0.475 e. The van der Waals surface area contributed by atoms with E-state index >= 15 is 0 Å². The van der Waals surface area contributed by atoms with Crippen molar-refractivity contribution in [2.45, 2.75) is 9.79 Å². The van der Waals surface area contributed by atoms with E-state index in [1.165, 1.54) is 6.07 Å². The molecule has 1 aromatic heterocycles. The maximum absolute atomic E-state index is 10.8. The molecule has 0 spiro atoms. The Morgan fingerprint density at radius 3 is 2.58 bits per heavy atom. The standard InChI is InChI=1S/C12H10ClNO3S2/c1-18-10-4-6(3-7(13)11(10)19-2)8-5-9(12(15)16)17-14-8/h3-5H,1-2H3,(H,15,16). The van der Waals surface area contributed by atoms with Gasteiger partial charge in [-0.05, 0) is 24.6 Å². The maximum atomic E-state index is 10.8. The monoisotopic (exact) mass is 315 g/mol. The van der Waals surface area contributed by atoms with Gasteiger partial charge < -0.3 is 9.63 Å². The van der Waals surface area contributed by atoms with Crippen molar-refractivity contribution >= 4 is 41.1 Å². The highest BCUT2D eigenvalue weighted by Gasteiger charge is 2.15. The first-order chi connectivity index (χ1) is 9.06. The van der Waals surface area contributed by atoms with E-state index in [4.69, 9.17) is 21.2 Å². The average Bonchev–Trinajstić information content (AvgIpc) is 2.87. The molecule has 0 atom stereocenters. The summed E-state index contributed by atoms with van der Waals surface area (Å²) >= 11 is 9.37. The third-order valence-corrected chi connectivity index (χ3v) is 4.60. The number of benzene rings is 1. The van der Waals surface area contributed by atoms with Crippen LogP contribution in [-0.2, 0) is 0 Å². The predicted octanol–water partition coefficient (Wildman–Crippen LogP) is 4.14. The Balaban J connectivity index is 2.50. The fourth-order valence-corrected chi connectivity index (χ4v) is 3.64. The number of hydrogen-bond donors (Lipinski definition) is 1. The van der Waals surface area contributed by atoms with Crippen molar-refractivity contribution in [2.75, 3.05) is 12.5 Å². The van der Waals surface area contributed by atoms with Crippen molar-refractivity contribution in [1.82, 2.24) is 5.16 Å². The van der Waals surface area contributed by atoms with E-state index in [1.54, 1.807) is 29.6 Å². The lowest BCUT2D eigenvalue weighted by molar-refractivity contribution is 0.0652. The van der Waals surface area contributed by atoms with Crippen LogP contribution in [0.25, 0.3) is 11.3 Å².